The maximum absolute atomic E-state index is 12.6. The van der Waals surface area contributed by atoms with Crippen molar-refractivity contribution in [1.29, 1.82) is 0 Å². The van der Waals surface area contributed by atoms with Gasteiger partial charge in [-0.1, -0.05) is 23.7 Å². The first-order valence-electron chi connectivity index (χ1n) is 8.43. The predicted octanol–water partition coefficient (Wildman–Crippen LogP) is 1.50. The van der Waals surface area contributed by atoms with Crippen LogP contribution in [-0.4, -0.2) is 53.3 Å². The Morgan fingerprint density at radius 3 is 2.92 bits per heavy atom. The van der Waals surface area contributed by atoms with Gasteiger partial charge in [0, 0.05) is 25.2 Å². The molecule has 26 heavy (non-hydrogen) atoms. The fourth-order valence-corrected chi connectivity index (χ4v) is 3.09. The molecular weight excluding hydrogens is 356 g/mol. The van der Waals surface area contributed by atoms with Crippen LogP contribution in [0.15, 0.2) is 30.3 Å². The molecule has 0 aliphatic carbocycles. The van der Waals surface area contributed by atoms with Crippen molar-refractivity contribution >= 4 is 23.4 Å². The summed E-state index contributed by atoms with van der Waals surface area (Å²) in [5.74, 6) is -0.202. The lowest BCUT2D eigenvalue weighted by Crippen LogP contribution is -2.39. The Balaban J connectivity index is 1.62. The number of ether oxygens (including phenoxy) is 1. The van der Waals surface area contributed by atoms with Gasteiger partial charge in [0.25, 0.3) is 5.91 Å². The van der Waals surface area contributed by atoms with E-state index >= 15 is 0 Å². The first kappa shape index (κ1) is 18.4. The van der Waals surface area contributed by atoms with Crippen molar-refractivity contribution in [1.82, 2.24) is 20.0 Å². The molecule has 1 aliphatic heterocycles. The third-order valence-corrected chi connectivity index (χ3v) is 4.45. The zero-order chi connectivity index (χ0) is 18.5. The maximum atomic E-state index is 12.6. The van der Waals surface area contributed by atoms with Crippen molar-refractivity contribution in [2.45, 2.75) is 19.5 Å². The van der Waals surface area contributed by atoms with Gasteiger partial charge in [0.05, 0.1) is 31.8 Å². The normalized spacial score (nSPS) is 13.4. The minimum atomic E-state index is -0.235. The van der Waals surface area contributed by atoms with Crippen LogP contribution in [-0.2, 0) is 29.0 Å². The maximum Gasteiger partial charge on any atom is 0.271 e. The van der Waals surface area contributed by atoms with Crippen molar-refractivity contribution in [2.75, 3.05) is 26.8 Å². The lowest BCUT2D eigenvalue weighted by Gasteiger charge is -2.27. The highest BCUT2D eigenvalue weighted by molar-refractivity contribution is 6.30. The molecule has 3 rings (SSSR count). The molecule has 1 N–H and O–H groups in total. The number of benzene rings is 1. The second-order valence-corrected chi connectivity index (χ2v) is 6.55. The first-order chi connectivity index (χ1) is 12.6. The molecule has 0 unspecified atom stereocenters. The lowest BCUT2D eigenvalue weighted by molar-refractivity contribution is -0.132. The first-order valence-corrected chi connectivity index (χ1v) is 8.80. The van der Waals surface area contributed by atoms with Gasteiger partial charge in [-0.15, -0.1) is 0 Å². The van der Waals surface area contributed by atoms with Crippen molar-refractivity contribution in [3.8, 4) is 0 Å². The number of carbonyl (C=O) groups excluding carboxylic acids is 2. The fourth-order valence-electron chi connectivity index (χ4n) is 2.88. The lowest BCUT2D eigenvalue weighted by atomic mass is 10.1. The van der Waals surface area contributed by atoms with Gasteiger partial charge in [0.1, 0.15) is 0 Å². The zero-order valence-corrected chi connectivity index (χ0v) is 15.3. The molecule has 8 heteroatoms. The molecule has 0 saturated carbocycles. The molecule has 0 bridgehead atoms. The van der Waals surface area contributed by atoms with Gasteiger partial charge in [0.2, 0.25) is 5.91 Å². The molecular formula is C18H21ClN4O3. The highest BCUT2D eigenvalue weighted by atomic mass is 35.5. The summed E-state index contributed by atoms with van der Waals surface area (Å²) in [6.45, 7) is 2.46. The molecule has 7 nitrogen and oxygen atoms in total. The van der Waals surface area contributed by atoms with Crippen molar-refractivity contribution in [2.24, 2.45) is 0 Å². The van der Waals surface area contributed by atoms with Crippen molar-refractivity contribution in [3.05, 3.63) is 52.3 Å². The summed E-state index contributed by atoms with van der Waals surface area (Å²) < 4.78 is 6.70. The van der Waals surface area contributed by atoms with E-state index in [4.69, 9.17) is 16.3 Å². The van der Waals surface area contributed by atoms with E-state index < -0.39 is 0 Å². The van der Waals surface area contributed by atoms with Crippen LogP contribution >= 0.6 is 11.6 Å². The van der Waals surface area contributed by atoms with Crippen LogP contribution in [0.3, 0.4) is 0 Å². The number of hydrogen-bond acceptors (Lipinski definition) is 4. The van der Waals surface area contributed by atoms with Crippen LogP contribution < -0.4 is 5.32 Å². The smallest absolute Gasteiger partial charge is 0.271 e. The Hall–Kier alpha value is -2.38. The molecule has 1 aromatic heterocycles. The molecule has 0 saturated heterocycles. The third kappa shape index (κ3) is 4.42. The summed E-state index contributed by atoms with van der Waals surface area (Å²) in [5.41, 5.74) is 2.10. The Morgan fingerprint density at radius 2 is 2.15 bits per heavy atom. The zero-order valence-electron chi connectivity index (χ0n) is 14.6. The summed E-state index contributed by atoms with van der Waals surface area (Å²) in [6.07, 6.45) is 0.305. The highest BCUT2D eigenvalue weighted by Crippen LogP contribution is 2.17. The van der Waals surface area contributed by atoms with Crippen LogP contribution in [0.1, 0.15) is 21.7 Å². The summed E-state index contributed by atoms with van der Waals surface area (Å²) in [5, 5.41) is 7.70. The van der Waals surface area contributed by atoms with E-state index in [0.29, 0.717) is 49.9 Å². The summed E-state index contributed by atoms with van der Waals surface area (Å²) in [6, 6.07) is 9.05. The quantitative estimate of drug-likeness (QED) is 0.775. The van der Waals surface area contributed by atoms with E-state index in [-0.39, 0.29) is 11.8 Å². The number of rotatable bonds is 6. The standard InChI is InChI=1S/C18H21ClN4O3/c1-26-8-5-20-18(25)16-11-15-12-22(6-7-23(15)21-16)17(24)10-13-3-2-4-14(19)9-13/h2-4,9,11H,5-8,10,12H2,1H3,(H,20,25). The molecule has 0 atom stereocenters. The Morgan fingerprint density at radius 1 is 1.31 bits per heavy atom. The van der Waals surface area contributed by atoms with E-state index in [1.165, 1.54) is 0 Å². The largest absolute Gasteiger partial charge is 0.383 e. The second kappa shape index (κ2) is 8.33. The molecule has 2 heterocycles. The Bertz CT molecular complexity index is 805. The Labute approximate surface area is 156 Å². The van der Waals surface area contributed by atoms with Gasteiger partial charge < -0.3 is 15.0 Å². The average molecular weight is 377 g/mol. The summed E-state index contributed by atoms with van der Waals surface area (Å²) in [4.78, 5) is 26.4. The topological polar surface area (TPSA) is 76.5 Å². The molecule has 0 radical (unpaired) electrons. The number of fused-ring (bicyclic) bond motifs is 1. The molecule has 1 aromatic carbocycles. The number of aromatic nitrogens is 2. The minimum Gasteiger partial charge on any atom is -0.383 e. The fraction of sp³-hybridized carbons (Fsp3) is 0.389. The Kier molecular flexibility index (Phi) is 5.90. The number of carbonyl (C=O) groups is 2. The van der Waals surface area contributed by atoms with E-state index in [2.05, 4.69) is 10.4 Å². The number of methoxy groups -OCH3 is 1. The van der Waals surface area contributed by atoms with E-state index in [0.717, 1.165) is 11.3 Å². The van der Waals surface area contributed by atoms with Crippen LogP contribution in [0, 0.1) is 0 Å². The number of hydrogen-bond donors (Lipinski definition) is 1. The minimum absolute atomic E-state index is 0.0332. The predicted molar refractivity (Wildman–Crippen MR) is 97.0 cm³/mol. The third-order valence-electron chi connectivity index (χ3n) is 4.22. The van der Waals surface area contributed by atoms with Gasteiger partial charge in [-0.3, -0.25) is 14.3 Å². The average Bonchev–Trinajstić information content (AvgIpc) is 3.05. The summed E-state index contributed by atoms with van der Waals surface area (Å²) >= 11 is 5.98. The van der Waals surface area contributed by atoms with Crippen LogP contribution in [0.2, 0.25) is 5.02 Å². The van der Waals surface area contributed by atoms with Crippen LogP contribution in [0.25, 0.3) is 0 Å². The molecule has 138 valence electrons. The molecule has 1 aliphatic rings. The van der Waals surface area contributed by atoms with Gasteiger partial charge in [-0.05, 0) is 23.8 Å². The van der Waals surface area contributed by atoms with Crippen LogP contribution in [0.5, 0.6) is 0 Å². The highest BCUT2D eigenvalue weighted by Gasteiger charge is 2.24. The van der Waals surface area contributed by atoms with Crippen molar-refractivity contribution < 1.29 is 14.3 Å². The van der Waals surface area contributed by atoms with E-state index in [1.54, 1.807) is 34.9 Å². The van der Waals surface area contributed by atoms with Crippen molar-refractivity contribution in [3.63, 3.8) is 0 Å². The van der Waals surface area contributed by atoms with E-state index in [9.17, 15) is 9.59 Å². The van der Waals surface area contributed by atoms with E-state index in [1.807, 2.05) is 12.1 Å². The van der Waals surface area contributed by atoms with Crippen LogP contribution in [0.4, 0.5) is 0 Å². The van der Waals surface area contributed by atoms with Gasteiger partial charge in [-0.2, -0.15) is 5.10 Å². The summed E-state index contributed by atoms with van der Waals surface area (Å²) in [7, 11) is 1.58. The second-order valence-electron chi connectivity index (χ2n) is 6.11. The van der Waals surface area contributed by atoms with Gasteiger partial charge >= 0.3 is 0 Å². The van der Waals surface area contributed by atoms with Gasteiger partial charge in [-0.25, -0.2) is 0 Å². The molecule has 0 spiro atoms. The molecule has 0 fully saturated rings. The molecule has 2 amide bonds. The number of amides is 2. The SMILES string of the molecule is COCCNC(=O)c1cc2n(n1)CCN(C(=O)Cc1cccc(Cl)c1)C2. The number of nitrogens with zero attached hydrogens (tertiary/aromatic N) is 3. The van der Waals surface area contributed by atoms with Gasteiger partial charge in [0.15, 0.2) is 5.69 Å². The monoisotopic (exact) mass is 376 g/mol. The number of nitrogens with one attached hydrogen (secondary N) is 1. The number of halogens is 1. The molecule has 2 aromatic rings.